The zero-order chi connectivity index (χ0) is 24.4. The molecule has 6 nitrogen and oxygen atoms in total. The Morgan fingerprint density at radius 1 is 0.943 bits per heavy atom. The first-order valence-corrected chi connectivity index (χ1v) is 13.4. The normalized spacial score (nSPS) is 18.2. The van der Waals surface area contributed by atoms with E-state index < -0.39 is 0 Å². The van der Waals surface area contributed by atoms with Gasteiger partial charge in [0.2, 0.25) is 5.91 Å². The number of carbonyl (C=O) groups excluding carboxylic acids is 1. The monoisotopic (exact) mass is 493 g/mol. The first-order valence-electron chi connectivity index (χ1n) is 12.5. The quantitative estimate of drug-likeness (QED) is 0.430. The van der Waals surface area contributed by atoms with E-state index >= 15 is 0 Å². The highest BCUT2D eigenvalue weighted by atomic mass is 32.2. The van der Waals surface area contributed by atoms with Gasteiger partial charge in [0.1, 0.15) is 5.82 Å². The smallest absolute Gasteiger partial charge is 0.240 e. The maximum Gasteiger partial charge on any atom is 0.240 e. The predicted molar refractivity (Wildman–Crippen MR) is 138 cm³/mol. The van der Waals surface area contributed by atoms with Crippen LogP contribution < -0.4 is 4.90 Å². The average Bonchev–Trinajstić information content (AvgIpc) is 3.31. The van der Waals surface area contributed by atoms with Crippen LogP contribution in [0.5, 0.6) is 0 Å². The van der Waals surface area contributed by atoms with Gasteiger partial charge in [-0.05, 0) is 88.5 Å². The number of hydrogen-bond donors (Lipinski definition) is 0. The second kappa shape index (κ2) is 10.5. The number of aryl methyl sites for hydroxylation is 1. The van der Waals surface area contributed by atoms with Crippen LogP contribution in [0.3, 0.4) is 0 Å². The van der Waals surface area contributed by atoms with E-state index in [4.69, 9.17) is 0 Å². The van der Waals surface area contributed by atoms with Gasteiger partial charge >= 0.3 is 0 Å². The molecule has 2 atom stereocenters. The molecule has 0 bridgehead atoms. The Kier molecular flexibility index (Phi) is 7.20. The third kappa shape index (κ3) is 5.00. The largest absolute Gasteiger partial charge is 0.311 e. The van der Waals surface area contributed by atoms with Crippen LogP contribution in [-0.2, 0) is 11.2 Å². The molecule has 0 saturated carbocycles. The topological polar surface area (TPSA) is 54.3 Å². The molecular formula is C27H32FN5OS. The zero-order valence-corrected chi connectivity index (χ0v) is 21.2. The van der Waals surface area contributed by atoms with Crippen molar-refractivity contribution >= 4 is 23.4 Å². The minimum Gasteiger partial charge on any atom is -0.311 e. The lowest BCUT2D eigenvalue weighted by atomic mass is 10.0. The van der Waals surface area contributed by atoms with Gasteiger partial charge in [-0.2, -0.15) is 0 Å². The molecule has 2 aliphatic heterocycles. The summed E-state index contributed by atoms with van der Waals surface area (Å²) in [6.45, 7) is 6.87. The summed E-state index contributed by atoms with van der Waals surface area (Å²) in [6.07, 6.45) is 5.58. The molecule has 1 fully saturated rings. The van der Waals surface area contributed by atoms with E-state index in [0.717, 1.165) is 49.7 Å². The van der Waals surface area contributed by atoms with Crippen LogP contribution in [0.2, 0.25) is 0 Å². The Morgan fingerprint density at radius 3 is 2.46 bits per heavy atom. The Balaban J connectivity index is 1.44. The van der Waals surface area contributed by atoms with Crippen molar-refractivity contribution in [3.05, 3.63) is 65.7 Å². The van der Waals surface area contributed by atoms with Crippen LogP contribution in [0.1, 0.15) is 57.0 Å². The van der Waals surface area contributed by atoms with Crippen LogP contribution in [-0.4, -0.2) is 50.5 Å². The molecule has 3 aromatic rings. The second-order valence-electron chi connectivity index (χ2n) is 9.41. The Hall–Kier alpha value is -2.71. The first kappa shape index (κ1) is 24.0. The number of rotatable bonds is 6. The van der Waals surface area contributed by atoms with Gasteiger partial charge in [0.15, 0.2) is 11.0 Å². The molecule has 0 aliphatic carbocycles. The van der Waals surface area contributed by atoms with Crippen molar-refractivity contribution in [2.24, 2.45) is 0 Å². The molecule has 0 spiro atoms. The fraction of sp³-hybridized carbons (Fsp3) is 0.444. The number of halogens is 1. The number of anilines is 1. The van der Waals surface area contributed by atoms with E-state index in [2.05, 4.69) is 28.1 Å². The van der Waals surface area contributed by atoms with Gasteiger partial charge in [0, 0.05) is 17.9 Å². The summed E-state index contributed by atoms with van der Waals surface area (Å²) in [5, 5.41) is 9.42. The van der Waals surface area contributed by atoms with E-state index in [1.165, 1.54) is 48.7 Å². The second-order valence-corrected chi connectivity index (χ2v) is 10.7. The number of fused-ring (bicyclic) bond motifs is 1. The molecule has 1 amide bonds. The fourth-order valence-electron chi connectivity index (χ4n) is 5.12. The number of benzene rings is 2. The number of para-hydroxylation sites is 1. The molecule has 3 heterocycles. The van der Waals surface area contributed by atoms with Crippen LogP contribution in [0, 0.1) is 5.82 Å². The van der Waals surface area contributed by atoms with E-state index in [-0.39, 0.29) is 23.0 Å². The van der Waals surface area contributed by atoms with Crippen LogP contribution in [0.15, 0.2) is 53.7 Å². The number of nitrogens with zero attached hydrogens (tertiary/aromatic N) is 5. The number of likely N-dealkylation sites (tertiary alicyclic amines) is 1. The van der Waals surface area contributed by atoms with Crippen LogP contribution in [0.25, 0.3) is 5.69 Å². The molecule has 0 radical (unpaired) electrons. The molecular weight excluding hydrogens is 461 g/mol. The molecule has 1 aromatic heterocycles. The molecule has 2 aromatic carbocycles. The molecule has 5 rings (SSSR count). The summed E-state index contributed by atoms with van der Waals surface area (Å²) < 4.78 is 15.7. The number of amides is 1. The van der Waals surface area contributed by atoms with Gasteiger partial charge in [-0.25, -0.2) is 4.39 Å². The fourth-order valence-corrected chi connectivity index (χ4v) is 6.06. The number of thioether (sulfide) groups is 1. The van der Waals surface area contributed by atoms with E-state index in [1.807, 2.05) is 34.6 Å². The SMILES string of the molecule is CC(Sc1nnc(C(C)N2CCCCC2)n1-c1ccc(F)cc1)C(=O)N1CCCc2ccccc21. The van der Waals surface area contributed by atoms with Crippen molar-refractivity contribution in [1.82, 2.24) is 19.7 Å². The summed E-state index contributed by atoms with van der Waals surface area (Å²) in [5.41, 5.74) is 3.03. The summed E-state index contributed by atoms with van der Waals surface area (Å²) in [6, 6.07) is 14.6. The Bertz CT molecular complexity index is 1170. The minimum atomic E-state index is -0.345. The minimum absolute atomic E-state index is 0.0708. The Labute approximate surface area is 210 Å². The number of carbonyl (C=O) groups is 1. The highest BCUT2D eigenvalue weighted by Crippen LogP contribution is 2.34. The first-order chi connectivity index (χ1) is 17.0. The maximum absolute atomic E-state index is 13.7. The lowest BCUT2D eigenvalue weighted by Crippen LogP contribution is -2.40. The molecule has 1 saturated heterocycles. The lowest BCUT2D eigenvalue weighted by Gasteiger charge is -2.32. The molecule has 0 N–H and O–H groups in total. The molecule has 35 heavy (non-hydrogen) atoms. The third-order valence-electron chi connectivity index (χ3n) is 7.06. The molecule has 2 unspecified atom stereocenters. The maximum atomic E-state index is 13.7. The summed E-state index contributed by atoms with van der Waals surface area (Å²) in [5.74, 6) is 0.611. The van der Waals surface area contributed by atoms with Gasteiger partial charge in [-0.15, -0.1) is 10.2 Å². The van der Waals surface area contributed by atoms with Crippen molar-refractivity contribution in [3.63, 3.8) is 0 Å². The van der Waals surface area contributed by atoms with Gasteiger partial charge < -0.3 is 4.90 Å². The molecule has 2 aliphatic rings. The van der Waals surface area contributed by atoms with Crippen molar-refractivity contribution in [1.29, 1.82) is 0 Å². The van der Waals surface area contributed by atoms with Crippen molar-refractivity contribution in [2.75, 3.05) is 24.5 Å². The van der Waals surface area contributed by atoms with Gasteiger partial charge in [0.25, 0.3) is 0 Å². The van der Waals surface area contributed by atoms with E-state index in [1.54, 1.807) is 12.1 Å². The zero-order valence-electron chi connectivity index (χ0n) is 20.4. The number of piperidine rings is 1. The molecule has 184 valence electrons. The lowest BCUT2D eigenvalue weighted by molar-refractivity contribution is -0.117. The van der Waals surface area contributed by atoms with Crippen LogP contribution >= 0.6 is 11.8 Å². The Morgan fingerprint density at radius 2 is 1.69 bits per heavy atom. The third-order valence-corrected chi connectivity index (χ3v) is 8.09. The van der Waals surface area contributed by atoms with Gasteiger partial charge in [-0.1, -0.05) is 36.4 Å². The average molecular weight is 494 g/mol. The number of hydrogen-bond acceptors (Lipinski definition) is 5. The highest BCUT2D eigenvalue weighted by Gasteiger charge is 2.30. The van der Waals surface area contributed by atoms with Gasteiger partial charge in [0.05, 0.1) is 11.3 Å². The highest BCUT2D eigenvalue weighted by molar-refractivity contribution is 8.00. The van der Waals surface area contributed by atoms with Crippen molar-refractivity contribution in [2.45, 2.75) is 62.4 Å². The van der Waals surface area contributed by atoms with Crippen LogP contribution in [0.4, 0.5) is 10.1 Å². The predicted octanol–water partition coefficient (Wildman–Crippen LogP) is 5.41. The summed E-state index contributed by atoms with van der Waals surface area (Å²) in [4.78, 5) is 17.9. The van der Waals surface area contributed by atoms with Gasteiger partial charge in [-0.3, -0.25) is 14.3 Å². The van der Waals surface area contributed by atoms with Crippen molar-refractivity contribution in [3.8, 4) is 5.69 Å². The number of aromatic nitrogens is 3. The standard InChI is InChI=1S/C27H32FN5OS/c1-19(31-16-6-3-7-17-31)25-29-30-27(33(25)23-14-12-22(28)13-15-23)35-20(2)26(34)32-18-8-10-21-9-4-5-11-24(21)32/h4-5,9,11-15,19-20H,3,6-8,10,16-18H2,1-2H3. The van der Waals surface area contributed by atoms with E-state index in [0.29, 0.717) is 5.16 Å². The summed E-state index contributed by atoms with van der Waals surface area (Å²) >= 11 is 1.42. The van der Waals surface area contributed by atoms with Crippen molar-refractivity contribution < 1.29 is 9.18 Å². The van der Waals surface area contributed by atoms with E-state index in [9.17, 15) is 9.18 Å². The summed E-state index contributed by atoms with van der Waals surface area (Å²) in [7, 11) is 0. The molecule has 8 heteroatoms.